The lowest BCUT2D eigenvalue weighted by atomic mass is 9.89. The molecule has 6 nitrogen and oxygen atoms in total. The minimum atomic E-state index is -2.45. The summed E-state index contributed by atoms with van der Waals surface area (Å²) in [5.41, 5.74) is 6.22. The summed E-state index contributed by atoms with van der Waals surface area (Å²) < 4.78 is 6.42. The van der Waals surface area contributed by atoms with Crippen molar-refractivity contribution in [2.75, 3.05) is 0 Å². The van der Waals surface area contributed by atoms with E-state index in [1.54, 1.807) is 41.3 Å². The van der Waals surface area contributed by atoms with Gasteiger partial charge in [-0.05, 0) is 70.7 Å². The molecule has 5 aromatic carbocycles. The average molecular weight is 776 g/mol. The molecule has 0 amide bonds. The van der Waals surface area contributed by atoms with E-state index >= 15 is 0 Å². The quantitative estimate of drug-likeness (QED) is 0.161. The Hall–Kier alpha value is -6.52. The number of aromatic nitrogens is 4. The fourth-order valence-corrected chi connectivity index (χ4v) is 14.0. The highest BCUT2D eigenvalue weighted by Crippen LogP contribution is 2.80. The number of hydrogen-bond acceptors (Lipinski definition) is 8. The van der Waals surface area contributed by atoms with E-state index in [0.717, 1.165) is 80.0 Å². The van der Waals surface area contributed by atoms with Gasteiger partial charge in [-0.1, -0.05) is 84.9 Å². The summed E-state index contributed by atoms with van der Waals surface area (Å²) in [5, 5.41) is 9.34. The Balaban J connectivity index is 1.45. The van der Waals surface area contributed by atoms with Crippen molar-refractivity contribution < 1.29 is 4.42 Å². The first-order chi connectivity index (χ1) is 27.8. The summed E-state index contributed by atoms with van der Waals surface area (Å²) >= 11 is 3.30. The molecule has 1 unspecified atom stereocenters. The molecule has 0 N–H and O–H groups in total. The third-order valence-corrected chi connectivity index (χ3v) is 15.9. The molecule has 9 heteroatoms. The summed E-state index contributed by atoms with van der Waals surface area (Å²) in [6, 6.07) is 49.0. The molecule has 1 aliphatic heterocycles. The molecule has 10 aromatic rings. The normalized spacial score (nSPS) is 16.1. The topological polar surface area (TPSA) is 77.1 Å². The van der Waals surface area contributed by atoms with E-state index in [1.165, 1.54) is 4.90 Å². The van der Waals surface area contributed by atoms with E-state index in [4.69, 9.17) is 29.3 Å². The first kappa shape index (κ1) is 32.9. The van der Waals surface area contributed by atoms with Gasteiger partial charge in [-0.2, -0.15) is 0 Å². The van der Waals surface area contributed by atoms with Crippen molar-refractivity contribution in [2.24, 2.45) is 4.99 Å². The van der Waals surface area contributed by atoms with Gasteiger partial charge in [0.15, 0.2) is 5.82 Å². The van der Waals surface area contributed by atoms with Gasteiger partial charge in [0.25, 0.3) is 0 Å². The van der Waals surface area contributed by atoms with Crippen LogP contribution in [0.4, 0.5) is 5.69 Å². The van der Waals surface area contributed by atoms with Gasteiger partial charge in [0, 0.05) is 65.6 Å². The lowest BCUT2D eigenvalue weighted by molar-refractivity contribution is 0.582. The average Bonchev–Trinajstić information content (AvgIpc) is 4.12. The molecule has 6 heterocycles. The number of pyridine rings is 1. The predicted molar refractivity (Wildman–Crippen MR) is 230 cm³/mol. The highest BCUT2D eigenvalue weighted by Gasteiger charge is 2.49. The Morgan fingerprint density at radius 3 is 2.18 bits per heavy atom. The van der Waals surface area contributed by atoms with Gasteiger partial charge in [-0.15, -0.1) is 32.7 Å². The lowest BCUT2D eigenvalue weighted by Crippen LogP contribution is -2.14. The summed E-state index contributed by atoms with van der Waals surface area (Å²) in [6.07, 6.45) is 7.20. The smallest absolute Gasteiger partial charge is 0.160 e. The molecule has 0 saturated carbocycles. The molecule has 266 valence electrons. The minimum Gasteiger partial charge on any atom is -0.464 e. The number of benzene rings is 5. The number of aliphatic imine (C=N–C) groups is 1. The Bertz CT molecular complexity index is 3070. The van der Waals surface area contributed by atoms with Crippen molar-refractivity contribution >= 4 is 65.1 Å². The van der Waals surface area contributed by atoms with E-state index in [2.05, 4.69) is 121 Å². The van der Waals surface area contributed by atoms with Crippen LogP contribution in [0.25, 0.3) is 66.1 Å². The van der Waals surface area contributed by atoms with Crippen LogP contribution in [-0.4, -0.2) is 25.0 Å². The van der Waals surface area contributed by atoms with Crippen molar-refractivity contribution in [1.82, 2.24) is 19.9 Å². The molecule has 0 saturated heterocycles. The number of nitrogens with zero attached hydrogens (tertiary/aromatic N) is 5. The maximum atomic E-state index is 6.42. The Kier molecular flexibility index (Phi) is 7.84. The van der Waals surface area contributed by atoms with Crippen LogP contribution < -0.4 is 0 Å². The van der Waals surface area contributed by atoms with Crippen LogP contribution in [0.3, 0.4) is 0 Å². The molecule has 1 atom stereocenters. The second-order valence-electron chi connectivity index (χ2n) is 13.3. The number of rotatable bonds is 7. The predicted octanol–water partition coefficient (Wildman–Crippen LogP) is 13.3. The maximum absolute atomic E-state index is 6.42. The first-order valence-corrected chi connectivity index (χ1v) is 21.5. The number of thiophene rings is 1. The van der Waals surface area contributed by atoms with Crippen molar-refractivity contribution in [2.45, 2.75) is 14.7 Å². The lowest BCUT2D eigenvalue weighted by Gasteiger charge is -2.41. The standard InChI is InChI=1S/C47H29N5OS3/c1-2-15-32(16-3-1)56(38-21-8-14-30-12-4-6-17-33(30)38)44-39(35-23-22-31-13-5-7-18-34(31)51-35)41(37-20-10-28-54-37)42(45-48-24-11-25-49-45)40(36-19-9-27-53-36)43(44)52-47(56)46-50-26-29-55-46/h1-29H. The number of fused-ring (bicyclic) bond motifs is 3. The van der Waals surface area contributed by atoms with E-state index in [9.17, 15) is 0 Å². The number of para-hydroxylation sites is 1. The van der Waals surface area contributed by atoms with Gasteiger partial charge in [0.05, 0.1) is 28.7 Å². The zero-order valence-electron chi connectivity index (χ0n) is 29.6. The van der Waals surface area contributed by atoms with Crippen molar-refractivity contribution in [3.05, 3.63) is 180 Å². The van der Waals surface area contributed by atoms with Crippen molar-refractivity contribution in [3.63, 3.8) is 0 Å². The molecule has 5 aromatic heterocycles. The van der Waals surface area contributed by atoms with Crippen molar-refractivity contribution in [3.8, 4) is 44.4 Å². The SMILES string of the molecule is c1ccc(S2(c3cccc4ccccc34)C(c3nccs3)=Nc3c(-c4ccco4)c(-c4ncccn4)c(-c4cccs4)c(-c4ccc5ccccc5n4)c32)cc1. The van der Waals surface area contributed by atoms with Crippen LogP contribution in [0, 0.1) is 0 Å². The fraction of sp³-hybridized carbons (Fsp3) is 0. The van der Waals surface area contributed by atoms with Crippen LogP contribution in [0.2, 0.25) is 0 Å². The monoisotopic (exact) mass is 775 g/mol. The van der Waals surface area contributed by atoms with Gasteiger partial charge in [-0.25, -0.2) is 24.9 Å². The van der Waals surface area contributed by atoms with Crippen LogP contribution in [0.1, 0.15) is 5.01 Å². The second-order valence-corrected chi connectivity index (χ2v) is 18.0. The summed E-state index contributed by atoms with van der Waals surface area (Å²) in [6.45, 7) is 0. The highest BCUT2D eigenvalue weighted by atomic mass is 32.3. The molecule has 11 rings (SSSR count). The highest BCUT2D eigenvalue weighted by molar-refractivity contribution is 8.46. The van der Waals surface area contributed by atoms with E-state index in [1.807, 2.05) is 35.8 Å². The molecule has 1 aliphatic rings. The summed E-state index contributed by atoms with van der Waals surface area (Å²) in [7, 11) is -2.45. The van der Waals surface area contributed by atoms with Gasteiger partial charge in [-0.3, -0.25) is 0 Å². The fourth-order valence-electron chi connectivity index (χ4n) is 7.98. The van der Waals surface area contributed by atoms with E-state index in [-0.39, 0.29) is 0 Å². The third kappa shape index (κ3) is 4.98. The zero-order valence-corrected chi connectivity index (χ0v) is 32.1. The molecular formula is C47H29N5OS3. The number of thiazole rings is 1. The van der Waals surface area contributed by atoms with Gasteiger partial charge < -0.3 is 4.42 Å². The van der Waals surface area contributed by atoms with Gasteiger partial charge in [0.1, 0.15) is 15.8 Å². The second kappa shape index (κ2) is 13.3. The summed E-state index contributed by atoms with van der Waals surface area (Å²) in [4.78, 5) is 30.8. The zero-order chi connectivity index (χ0) is 37.1. The molecule has 0 radical (unpaired) electrons. The molecular weight excluding hydrogens is 747 g/mol. The Morgan fingerprint density at radius 1 is 0.554 bits per heavy atom. The number of hydrogen-bond donors (Lipinski definition) is 0. The van der Waals surface area contributed by atoms with Crippen LogP contribution in [0.5, 0.6) is 0 Å². The minimum absolute atomic E-state index is 0.579. The molecule has 0 aliphatic carbocycles. The van der Waals surface area contributed by atoms with Crippen LogP contribution >= 0.6 is 32.7 Å². The van der Waals surface area contributed by atoms with Gasteiger partial charge in [0.2, 0.25) is 0 Å². The van der Waals surface area contributed by atoms with E-state index < -0.39 is 10.0 Å². The Labute approximate surface area is 331 Å². The largest absolute Gasteiger partial charge is 0.464 e. The number of furan rings is 1. The van der Waals surface area contributed by atoms with Crippen LogP contribution in [-0.2, 0) is 0 Å². The molecule has 0 bridgehead atoms. The third-order valence-electron chi connectivity index (χ3n) is 10.2. The van der Waals surface area contributed by atoms with E-state index in [0.29, 0.717) is 11.6 Å². The molecule has 56 heavy (non-hydrogen) atoms. The first-order valence-electron chi connectivity index (χ1n) is 18.1. The van der Waals surface area contributed by atoms with Crippen LogP contribution in [0.15, 0.2) is 199 Å². The molecule has 0 fully saturated rings. The van der Waals surface area contributed by atoms with Gasteiger partial charge >= 0.3 is 0 Å². The molecule has 0 spiro atoms. The Morgan fingerprint density at radius 2 is 1.38 bits per heavy atom. The van der Waals surface area contributed by atoms with Crippen molar-refractivity contribution in [1.29, 1.82) is 0 Å². The maximum Gasteiger partial charge on any atom is 0.160 e. The summed E-state index contributed by atoms with van der Waals surface area (Å²) in [5.74, 6) is 1.26.